The first kappa shape index (κ1) is 45.0. The van der Waals surface area contributed by atoms with E-state index in [9.17, 15) is 33.3 Å². The molecule has 0 saturated heterocycles. The number of fused-ring (bicyclic) bond motifs is 1. The third-order valence-corrected chi connectivity index (χ3v) is 12.0. The molecule has 0 bridgehead atoms. The first-order chi connectivity index (χ1) is 27.6. The monoisotopic (exact) mass is 837 g/mol. The highest BCUT2D eigenvalue weighted by molar-refractivity contribution is 7.53. The maximum Gasteiger partial charge on any atom is 0.340 e. The summed E-state index contributed by atoms with van der Waals surface area (Å²) in [4.78, 5) is 82.7. The Morgan fingerprint density at radius 2 is 1.56 bits per heavy atom. The molecule has 3 atom stereocenters. The van der Waals surface area contributed by atoms with Gasteiger partial charge in [0.15, 0.2) is 0 Å². The predicted molar refractivity (Wildman–Crippen MR) is 219 cm³/mol. The van der Waals surface area contributed by atoms with Crippen LogP contribution in [0.5, 0.6) is 0 Å². The van der Waals surface area contributed by atoms with Crippen LogP contribution in [0.3, 0.4) is 0 Å². The van der Waals surface area contributed by atoms with Crippen LogP contribution in [-0.2, 0) is 66.1 Å². The number of H-pyrrole nitrogens is 1. The molecule has 1 aromatic heterocycles. The number of aryl methyl sites for hydroxylation is 1. The highest BCUT2D eigenvalue weighted by Gasteiger charge is 2.44. The zero-order chi connectivity index (χ0) is 43.4. The van der Waals surface area contributed by atoms with E-state index < -0.39 is 73.8 Å². The number of primary amides is 1. The molecule has 320 valence electrons. The van der Waals surface area contributed by atoms with Gasteiger partial charge in [-0.2, -0.15) is 0 Å². The Morgan fingerprint density at radius 3 is 2.15 bits per heavy atom. The van der Waals surface area contributed by atoms with Crippen LogP contribution in [0.25, 0.3) is 10.9 Å². The Bertz CT molecular complexity index is 2120. The number of esters is 2. The number of para-hydroxylation sites is 1. The summed E-state index contributed by atoms with van der Waals surface area (Å²) < 4.78 is 35.2. The lowest BCUT2D eigenvalue weighted by Gasteiger charge is -2.30. The predicted octanol–water partition coefficient (Wildman–Crippen LogP) is 5.40. The van der Waals surface area contributed by atoms with Crippen molar-refractivity contribution in [2.45, 2.75) is 112 Å². The smallest absolute Gasteiger partial charge is 0.340 e. The van der Waals surface area contributed by atoms with Gasteiger partial charge in [-0.15, -0.1) is 0 Å². The molecule has 0 unspecified atom stereocenters. The van der Waals surface area contributed by atoms with Gasteiger partial charge in [0.05, 0.1) is 22.7 Å². The molecule has 5 rings (SSSR count). The van der Waals surface area contributed by atoms with Crippen molar-refractivity contribution < 1.29 is 51.9 Å². The second kappa shape index (κ2) is 18.1. The summed E-state index contributed by atoms with van der Waals surface area (Å²) in [5, 5.41) is 6.51. The van der Waals surface area contributed by atoms with E-state index in [0.717, 1.165) is 11.1 Å². The Balaban J connectivity index is 1.31. The fraction of sp³-hybridized carbons (Fsp3) is 0.524. The minimum absolute atomic E-state index is 0.0120. The number of carbonyl (C=O) groups is 6. The Kier molecular flexibility index (Phi) is 13.8. The highest BCUT2D eigenvalue weighted by atomic mass is 31.2. The van der Waals surface area contributed by atoms with Crippen LogP contribution in [0.2, 0.25) is 0 Å². The molecular weight excluding hydrogens is 781 g/mol. The van der Waals surface area contributed by atoms with Gasteiger partial charge in [0, 0.05) is 29.8 Å². The molecule has 59 heavy (non-hydrogen) atoms. The normalized spacial score (nSPS) is 17.3. The van der Waals surface area contributed by atoms with Crippen LogP contribution >= 0.6 is 7.60 Å². The lowest BCUT2D eigenvalue weighted by Crippen LogP contribution is -2.56. The van der Waals surface area contributed by atoms with Crippen molar-refractivity contribution in [3.05, 3.63) is 64.8 Å². The number of hydrogen-bond donors (Lipinski definition) is 4. The minimum atomic E-state index is -4.08. The molecule has 3 heterocycles. The molecule has 0 radical (unpaired) electrons. The summed E-state index contributed by atoms with van der Waals surface area (Å²) >= 11 is 0. The quantitative estimate of drug-likeness (QED) is 0.0812. The number of rotatable bonds is 16. The summed E-state index contributed by atoms with van der Waals surface area (Å²) in [5.41, 5.74) is 7.39. The van der Waals surface area contributed by atoms with E-state index >= 15 is 0 Å². The van der Waals surface area contributed by atoms with E-state index in [4.69, 9.17) is 24.3 Å². The molecule has 17 heteroatoms. The van der Waals surface area contributed by atoms with E-state index in [1.807, 2.05) is 32.0 Å². The summed E-state index contributed by atoms with van der Waals surface area (Å²) in [6.45, 7) is 12.5. The van der Waals surface area contributed by atoms with Crippen LogP contribution in [0, 0.1) is 16.7 Å². The fourth-order valence-electron chi connectivity index (χ4n) is 6.87. The van der Waals surface area contributed by atoms with Gasteiger partial charge in [-0.25, -0.2) is 0 Å². The van der Waals surface area contributed by atoms with Gasteiger partial charge in [0.2, 0.25) is 31.3 Å². The zero-order valence-electron chi connectivity index (χ0n) is 35.0. The SMILES string of the molecule is CC(C)[C@H](CCC(N)=O)NC(=O)[C@@H]1Cc2cccc3c2N1C(=O)[C@@H](NC(=O)c1cc2cc(CP(=O)(OCOC(=O)C(C)(C)C)OCOC(=O)C(C)(C)C)ccc2[nH]1)CC3. The van der Waals surface area contributed by atoms with E-state index in [1.54, 1.807) is 65.8 Å². The molecule has 0 fully saturated rings. The van der Waals surface area contributed by atoms with Crippen molar-refractivity contribution in [1.82, 2.24) is 15.6 Å². The maximum absolute atomic E-state index is 14.3. The van der Waals surface area contributed by atoms with Gasteiger partial charge in [-0.05, 0) is 102 Å². The van der Waals surface area contributed by atoms with E-state index in [-0.39, 0.29) is 36.1 Å². The standard InChI is InChI=1S/C42H56N5O11P/c1-24(2)29(16-17-34(43)48)45-37(50)33-20-27-11-9-10-26-13-15-31(38(51)47(33)35(26)27)46-36(49)32-19-28-18-25(12-14-30(28)44-32)21-59(54,57-22-55-39(52)41(3,4)5)58-23-56-40(53)42(6,7)8/h9-12,14,18-19,24,29,31,33,44H,13,15-17,20-23H2,1-8H3,(H2,43,48)(H,45,50)(H,46,49)/t29-,31-,33-/m0/s1. The molecule has 0 aliphatic carbocycles. The number of aromatic nitrogens is 1. The number of anilines is 1. The Morgan fingerprint density at radius 1 is 0.932 bits per heavy atom. The average molecular weight is 838 g/mol. The number of aromatic amines is 1. The molecule has 16 nitrogen and oxygen atoms in total. The van der Waals surface area contributed by atoms with Crippen LogP contribution in [0.1, 0.15) is 102 Å². The number of benzene rings is 2. The summed E-state index contributed by atoms with van der Waals surface area (Å²) in [7, 11) is -4.08. The lowest BCUT2D eigenvalue weighted by atomic mass is 9.98. The largest absolute Gasteiger partial charge is 0.438 e. The summed E-state index contributed by atoms with van der Waals surface area (Å²) in [5.74, 6) is -2.91. The van der Waals surface area contributed by atoms with Crippen LogP contribution in [0.15, 0.2) is 42.5 Å². The van der Waals surface area contributed by atoms with Crippen molar-refractivity contribution in [2.24, 2.45) is 22.5 Å². The molecule has 0 saturated carbocycles. The van der Waals surface area contributed by atoms with Gasteiger partial charge >= 0.3 is 19.5 Å². The fourth-order valence-corrected chi connectivity index (χ4v) is 8.20. The topological polar surface area (TPSA) is 226 Å². The average Bonchev–Trinajstić information content (AvgIpc) is 3.72. The first-order valence-electron chi connectivity index (χ1n) is 19.7. The lowest BCUT2D eigenvalue weighted by molar-refractivity contribution is -0.162. The van der Waals surface area contributed by atoms with Gasteiger partial charge < -0.3 is 30.8 Å². The van der Waals surface area contributed by atoms with Gasteiger partial charge in [-0.3, -0.25) is 47.3 Å². The maximum atomic E-state index is 14.3. The zero-order valence-corrected chi connectivity index (χ0v) is 35.9. The van der Waals surface area contributed by atoms with Crippen molar-refractivity contribution in [2.75, 3.05) is 18.5 Å². The van der Waals surface area contributed by atoms with Crippen molar-refractivity contribution in [3.63, 3.8) is 0 Å². The second-order valence-electron chi connectivity index (χ2n) is 17.5. The van der Waals surface area contributed by atoms with Crippen molar-refractivity contribution in [1.29, 1.82) is 0 Å². The molecule has 3 aromatic rings. The number of nitrogens with one attached hydrogen (secondary N) is 3. The third-order valence-electron chi connectivity index (χ3n) is 10.3. The Labute approximate surface area is 344 Å². The molecule has 5 N–H and O–H groups in total. The van der Waals surface area contributed by atoms with Crippen LogP contribution in [-0.4, -0.2) is 72.3 Å². The van der Waals surface area contributed by atoms with Crippen molar-refractivity contribution in [3.8, 4) is 0 Å². The van der Waals surface area contributed by atoms with E-state index in [0.29, 0.717) is 47.8 Å². The summed E-state index contributed by atoms with van der Waals surface area (Å²) in [6, 6.07) is 10.2. The molecule has 4 amide bonds. The first-order valence-corrected chi connectivity index (χ1v) is 21.5. The van der Waals surface area contributed by atoms with E-state index in [2.05, 4.69) is 15.6 Å². The number of hydrogen-bond acceptors (Lipinski definition) is 11. The number of carbonyl (C=O) groups excluding carboxylic acids is 6. The second-order valence-corrected chi connectivity index (χ2v) is 19.6. The molecule has 2 aromatic carbocycles. The van der Waals surface area contributed by atoms with E-state index in [1.165, 1.54) is 4.90 Å². The third kappa shape index (κ3) is 11.2. The van der Waals surface area contributed by atoms with Gasteiger partial charge in [0.1, 0.15) is 17.8 Å². The van der Waals surface area contributed by atoms with Crippen LogP contribution < -0.4 is 21.3 Å². The number of amides is 4. The number of nitrogens with zero attached hydrogens (tertiary/aromatic N) is 1. The summed E-state index contributed by atoms with van der Waals surface area (Å²) in [6.07, 6.45) is 1.28. The Hall–Kier alpha value is -5.05. The molecular formula is C42H56N5O11P. The van der Waals surface area contributed by atoms with Crippen molar-refractivity contribution >= 4 is 59.8 Å². The molecule has 0 spiro atoms. The molecule has 2 aliphatic rings. The van der Waals surface area contributed by atoms with Gasteiger partial charge in [0.25, 0.3) is 5.91 Å². The molecule has 2 aliphatic heterocycles. The van der Waals surface area contributed by atoms with Gasteiger partial charge in [-0.1, -0.05) is 38.1 Å². The number of ether oxygens (including phenoxy) is 2. The minimum Gasteiger partial charge on any atom is -0.438 e. The van der Waals surface area contributed by atoms with Crippen LogP contribution in [0.4, 0.5) is 5.69 Å². The number of nitrogens with two attached hydrogens (primary N) is 1. The highest BCUT2D eigenvalue weighted by Crippen LogP contribution is 2.52.